The number of fused-ring (bicyclic) bond motifs is 3. The van der Waals surface area contributed by atoms with Crippen LogP contribution in [0.2, 0.25) is 0 Å². The molecule has 0 saturated carbocycles. The van der Waals surface area contributed by atoms with Crippen LogP contribution in [0.25, 0.3) is 16.7 Å². The number of benzene rings is 2. The zero-order valence-electron chi connectivity index (χ0n) is 13.4. The maximum atomic E-state index is 4.75. The molecule has 0 aliphatic carbocycles. The number of para-hydroxylation sites is 2. The minimum atomic E-state index is 0.711. The van der Waals surface area contributed by atoms with E-state index in [1.807, 2.05) is 36.4 Å². The van der Waals surface area contributed by atoms with Gasteiger partial charge < -0.3 is 5.32 Å². The average molecular weight is 382 g/mol. The Morgan fingerprint density at radius 1 is 1.12 bits per heavy atom. The van der Waals surface area contributed by atoms with Gasteiger partial charge in [0.15, 0.2) is 5.82 Å². The Bertz CT molecular complexity index is 1050. The second-order valence-electron chi connectivity index (χ2n) is 5.67. The maximum absolute atomic E-state index is 4.75. The molecule has 2 heterocycles. The van der Waals surface area contributed by atoms with Gasteiger partial charge in [0, 0.05) is 16.6 Å². The third-order valence-corrected chi connectivity index (χ3v) is 4.92. The number of anilines is 2. The normalized spacial score (nSPS) is 11.3. The lowest BCUT2D eigenvalue weighted by Gasteiger charge is -2.11. The van der Waals surface area contributed by atoms with E-state index in [1.54, 1.807) is 0 Å². The van der Waals surface area contributed by atoms with Crippen LogP contribution in [-0.4, -0.2) is 19.6 Å². The van der Waals surface area contributed by atoms with E-state index >= 15 is 0 Å². The Labute approximate surface area is 147 Å². The van der Waals surface area contributed by atoms with E-state index in [2.05, 4.69) is 55.8 Å². The van der Waals surface area contributed by atoms with Gasteiger partial charge in [-0.25, -0.2) is 4.98 Å². The summed E-state index contributed by atoms with van der Waals surface area (Å²) in [5.41, 5.74) is 4.81. The van der Waals surface area contributed by atoms with Gasteiger partial charge in [0.2, 0.25) is 5.65 Å². The predicted octanol–water partition coefficient (Wildman–Crippen LogP) is 4.65. The van der Waals surface area contributed by atoms with Gasteiger partial charge in [-0.05, 0) is 42.8 Å². The molecule has 4 aromatic rings. The second-order valence-corrected chi connectivity index (χ2v) is 6.52. The molecular weight excluding hydrogens is 366 g/mol. The zero-order chi connectivity index (χ0) is 16.7. The molecule has 2 aromatic carbocycles. The summed E-state index contributed by atoms with van der Waals surface area (Å²) < 4.78 is 3.16. The number of nitrogens with one attached hydrogen (secondary N) is 1. The third kappa shape index (κ3) is 2.43. The van der Waals surface area contributed by atoms with E-state index in [0.29, 0.717) is 5.82 Å². The molecule has 5 nitrogen and oxygen atoms in total. The Hall–Kier alpha value is -2.47. The van der Waals surface area contributed by atoms with Crippen molar-refractivity contribution in [1.82, 2.24) is 19.6 Å². The molecule has 0 amide bonds. The smallest absolute Gasteiger partial charge is 0.204 e. The molecule has 0 aliphatic heterocycles. The molecule has 0 bridgehead atoms. The summed E-state index contributed by atoms with van der Waals surface area (Å²) in [4.78, 5) is 4.75. The molecular formula is C18H16BrN5. The number of halogens is 1. The van der Waals surface area contributed by atoms with E-state index in [9.17, 15) is 0 Å². The van der Waals surface area contributed by atoms with Gasteiger partial charge in [0.25, 0.3) is 0 Å². The lowest BCUT2D eigenvalue weighted by molar-refractivity contribution is 0.922. The van der Waals surface area contributed by atoms with E-state index in [-0.39, 0.29) is 0 Å². The van der Waals surface area contributed by atoms with Crippen LogP contribution in [0.3, 0.4) is 0 Å². The van der Waals surface area contributed by atoms with Crippen LogP contribution in [0.4, 0.5) is 11.5 Å². The number of aromatic nitrogens is 4. The monoisotopic (exact) mass is 381 g/mol. The third-order valence-electron chi connectivity index (χ3n) is 4.03. The molecule has 24 heavy (non-hydrogen) atoms. The largest absolute Gasteiger partial charge is 0.337 e. The molecule has 0 saturated heterocycles. The van der Waals surface area contributed by atoms with Crippen LogP contribution in [-0.2, 0) is 6.42 Å². The molecule has 0 fully saturated rings. The molecule has 0 atom stereocenters. The fourth-order valence-electron chi connectivity index (χ4n) is 2.81. The fraction of sp³-hybridized carbons (Fsp3) is 0.167. The molecule has 0 unspecified atom stereocenters. The summed E-state index contributed by atoms with van der Waals surface area (Å²) in [6.45, 7) is 4.14. The first-order valence-electron chi connectivity index (χ1n) is 7.83. The molecule has 0 spiro atoms. The highest BCUT2D eigenvalue weighted by Gasteiger charge is 2.14. The summed E-state index contributed by atoms with van der Waals surface area (Å²) in [6, 6.07) is 14.2. The minimum Gasteiger partial charge on any atom is -0.337 e. The van der Waals surface area contributed by atoms with Crippen molar-refractivity contribution >= 4 is 44.1 Å². The van der Waals surface area contributed by atoms with E-state index < -0.39 is 0 Å². The Balaban J connectivity index is 1.93. The zero-order valence-corrected chi connectivity index (χ0v) is 15.0. The van der Waals surface area contributed by atoms with Gasteiger partial charge in [-0.15, -0.1) is 10.2 Å². The first-order valence-corrected chi connectivity index (χ1v) is 8.62. The Morgan fingerprint density at radius 2 is 1.96 bits per heavy atom. The van der Waals surface area contributed by atoms with Crippen molar-refractivity contribution in [3.8, 4) is 0 Å². The highest BCUT2D eigenvalue weighted by atomic mass is 79.9. The SMILES string of the molecule is CCc1nnc2c(Nc3ccc(Br)c(C)c3)nc3ccccc3n12. The summed E-state index contributed by atoms with van der Waals surface area (Å²) >= 11 is 3.53. The first-order chi connectivity index (χ1) is 11.7. The predicted molar refractivity (Wildman–Crippen MR) is 99.8 cm³/mol. The van der Waals surface area contributed by atoms with Crippen LogP contribution in [0.15, 0.2) is 46.9 Å². The van der Waals surface area contributed by atoms with Crippen molar-refractivity contribution in [3.63, 3.8) is 0 Å². The lowest BCUT2D eigenvalue weighted by Crippen LogP contribution is -2.02. The molecule has 0 radical (unpaired) electrons. The van der Waals surface area contributed by atoms with Crippen molar-refractivity contribution in [2.45, 2.75) is 20.3 Å². The van der Waals surface area contributed by atoms with Crippen molar-refractivity contribution in [3.05, 3.63) is 58.3 Å². The van der Waals surface area contributed by atoms with Gasteiger partial charge in [0.05, 0.1) is 11.0 Å². The molecule has 0 aliphatic rings. The lowest BCUT2D eigenvalue weighted by atomic mass is 10.2. The van der Waals surface area contributed by atoms with Gasteiger partial charge in [-0.1, -0.05) is 35.0 Å². The highest BCUT2D eigenvalue weighted by Crippen LogP contribution is 2.26. The molecule has 120 valence electrons. The average Bonchev–Trinajstić information content (AvgIpc) is 3.03. The molecule has 2 aromatic heterocycles. The number of hydrogen-bond donors (Lipinski definition) is 1. The van der Waals surface area contributed by atoms with Crippen molar-refractivity contribution in [2.24, 2.45) is 0 Å². The Kier molecular flexibility index (Phi) is 3.69. The van der Waals surface area contributed by atoms with E-state index in [4.69, 9.17) is 4.98 Å². The van der Waals surface area contributed by atoms with E-state index in [1.165, 1.54) is 0 Å². The fourth-order valence-corrected chi connectivity index (χ4v) is 3.06. The summed E-state index contributed by atoms with van der Waals surface area (Å²) in [6.07, 6.45) is 0.812. The summed E-state index contributed by atoms with van der Waals surface area (Å²) in [7, 11) is 0. The number of rotatable bonds is 3. The molecule has 1 N–H and O–H groups in total. The maximum Gasteiger partial charge on any atom is 0.204 e. The number of aryl methyl sites for hydroxylation is 2. The van der Waals surface area contributed by atoms with Gasteiger partial charge in [-0.3, -0.25) is 4.40 Å². The van der Waals surface area contributed by atoms with Crippen LogP contribution < -0.4 is 5.32 Å². The molecule has 6 heteroatoms. The van der Waals surface area contributed by atoms with Crippen LogP contribution in [0.1, 0.15) is 18.3 Å². The van der Waals surface area contributed by atoms with Crippen molar-refractivity contribution in [1.29, 1.82) is 0 Å². The minimum absolute atomic E-state index is 0.711. The van der Waals surface area contributed by atoms with Crippen LogP contribution in [0.5, 0.6) is 0 Å². The van der Waals surface area contributed by atoms with Crippen LogP contribution >= 0.6 is 15.9 Å². The van der Waals surface area contributed by atoms with Crippen molar-refractivity contribution in [2.75, 3.05) is 5.32 Å². The van der Waals surface area contributed by atoms with E-state index in [0.717, 1.165) is 44.6 Å². The van der Waals surface area contributed by atoms with Crippen LogP contribution in [0, 0.1) is 6.92 Å². The standard InChI is InChI=1S/C18H16BrN5/c1-3-16-22-23-18-17(20-12-8-9-13(19)11(2)10-12)21-14-6-4-5-7-15(14)24(16)18/h4-10H,3H2,1-2H3,(H,20,21). The molecule has 4 rings (SSSR count). The van der Waals surface area contributed by atoms with Crippen molar-refractivity contribution < 1.29 is 0 Å². The number of hydrogen-bond acceptors (Lipinski definition) is 4. The second kappa shape index (κ2) is 5.87. The van der Waals surface area contributed by atoms with Gasteiger partial charge in [0.1, 0.15) is 5.82 Å². The topological polar surface area (TPSA) is 55.1 Å². The van der Waals surface area contributed by atoms with Gasteiger partial charge in [-0.2, -0.15) is 0 Å². The van der Waals surface area contributed by atoms with Gasteiger partial charge >= 0.3 is 0 Å². The summed E-state index contributed by atoms with van der Waals surface area (Å²) in [5, 5.41) is 12.1. The quantitative estimate of drug-likeness (QED) is 0.560. The highest BCUT2D eigenvalue weighted by molar-refractivity contribution is 9.10. The first kappa shape index (κ1) is 15.1. The number of nitrogens with zero attached hydrogens (tertiary/aromatic N) is 4. The Morgan fingerprint density at radius 3 is 2.75 bits per heavy atom. The summed E-state index contributed by atoms with van der Waals surface area (Å²) in [5.74, 6) is 1.64.